The van der Waals surface area contributed by atoms with E-state index in [4.69, 9.17) is 10.00 Å². The van der Waals surface area contributed by atoms with Gasteiger partial charge in [-0.25, -0.2) is 0 Å². The molecule has 0 radical (unpaired) electrons. The number of nitrogens with zero attached hydrogens (tertiary/aromatic N) is 2. The molecule has 0 atom stereocenters. The fraction of sp³-hybridized carbons (Fsp3) is 0.231. The number of aryl methyl sites for hydroxylation is 1. The molecule has 1 aromatic carbocycles. The number of rotatable bonds is 5. The van der Waals surface area contributed by atoms with E-state index in [1.54, 1.807) is 0 Å². The number of nitriles is 1. The summed E-state index contributed by atoms with van der Waals surface area (Å²) in [6.45, 7) is 3.03. The van der Waals surface area contributed by atoms with Crippen LogP contribution < -0.4 is 10.1 Å². The molecule has 0 saturated carbocycles. The quantitative estimate of drug-likeness (QED) is 0.839. The van der Waals surface area contributed by atoms with Gasteiger partial charge >= 0.3 is 0 Å². The summed E-state index contributed by atoms with van der Waals surface area (Å²) >= 11 is 1.31. The van der Waals surface area contributed by atoms with Crippen LogP contribution in [0.1, 0.15) is 11.3 Å². The van der Waals surface area contributed by atoms with Crippen molar-refractivity contribution in [1.29, 1.82) is 5.26 Å². The first-order chi connectivity index (χ1) is 8.81. The number of anilines is 1. The van der Waals surface area contributed by atoms with Gasteiger partial charge in [0.05, 0.1) is 5.69 Å². The van der Waals surface area contributed by atoms with Crippen molar-refractivity contribution in [1.82, 2.24) is 4.37 Å². The van der Waals surface area contributed by atoms with Crippen LogP contribution in [0.25, 0.3) is 0 Å². The van der Waals surface area contributed by atoms with E-state index in [1.807, 2.05) is 37.3 Å². The predicted octanol–water partition coefficient (Wildman–Crippen LogP) is 2.81. The zero-order valence-corrected chi connectivity index (χ0v) is 10.8. The number of nitrogens with one attached hydrogen (secondary N) is 1. The van der Waals surface area contributed by atoms with Crippen molar-refractivity contribution in [2.24, 2.45) is 0 Å². The average molecular weight is 259 g/mol. The molecule has 0 bridgehead atoms. The molecule has 2 rings (SSSR count). The second-order valence-corrected chi connectivity index (χ2v) is 4.45. The Balaban J connectivity index is 1.81. The van der Waals surface area contributed by atoms with Crippen LogP contribution in [0.5, 0.6) is 5.75 Å². The van der Waals surface area contributed by atoms with Crippen LogP contribution in [0.4, 0.5) is 5.00 Å². The summed E-state index contributed by atoms with van der Waals surface area (Å²) in [5.74, 6) is 0.847. The summed E-state index contributed by atoms with van der Waals surface area (Å²) in [5.41, 5.74) is 1.40. The predicted molar refractivity (Wildman–Crippen MR) is 72.0 cm³/mol. The van der Waals surface area contributed by atoms with Crippen molar-refractivity contribution >= 4 is 16.5 Å². The van der Waals surface area contributed by atoms with Gasteiger partial charge in [0.1, 0.15) is 29.0 Å². The van der Waals surface area contributed by atoms with Gasteiger partial charge in [-0.1, -0.05) is 18.2 Å². The van der Waals surface area contributed by atoms with Gasteiger partial charge in [0.2, 0.25) is 0 Å². The van der Waals surface area contributed by atoms with Gasteiger partial charge < -0.3 is 10.1 Å². The minimum Gasteiger partial charge on any atom is -0.492 e. The number of hydrogen-bond acceptors (Lipinski definition) is 5. The summed E-state index contributed by atoms with van der Waals surface area (Å²) in [6.07, 6.45) is 0. The molecule has 1 aromatic heterocycles. The van der Waals surface area contributed by atoms with E-state index < -0.39 is 0 Å². The lowest BCUT2D eigenvalue weighted by Crippen LogP contribution is -2.11. The molecule has 0 fully saturated rings. The summed E-state index contributed by atoms with van der Waals surface area (Å²) < 4.78 is 9.69. The molecule has 1 heterocycles. The highest BCUT2D eigenvalue weighted by molar-refractivity contribution is 7.10. The Morgan fingerprint density at radius 2 is 2.17 bits per heavy atom. The van der Waals surface area contributed by atoms with Crippen LogP contribution >= 0.6 is 11.5 Å². The van der Waals surface area contributed by atoms with E-state index in [0.29, 0.717) is 18.7 Å². The molecular weight excluding hydrogens is 246 g/mol. The number of para-hydroxylation sites is 1. The molecule has 0 aliphatic heterocycles. The Hall–Kier alpha value is -2.06. The van der Waals surface area contributed by atoms with Crippen molar-refractivity contribution in [2.45, 2.75) is 6.92 Å². The highest BCUT2D eigenvalue weighted by Gasteiger charge is 2.08. The van der Waals surface area contributed by atoms with E-state index in [1.165, 1.54) is 11.5 Å². The number of ether oxygens (including phenoxy) is 1. The number of benzene rings is 1. The van der Waals surface area contributed by atoms with E-state index in [9.17, 15) is 0 Å². The molecule has 5 heteroatoms. The lowest BCUT2D eigenvalue weighted by atomic mass is 10.3. The topological polar surface area (TPSA) is 57.9 Å². The van der Waals surface area contributed by atoms with Crippen molar-refractivity contribution < 1.29 is 4.74 Å². The Morgan fingerprint density at radius 1 is 1.39 bits per heavy atom. The molecular formula is C13H13N3OS. The first-order valence-electron chi connectivity index (χ1n) is 5.59. The molecule has 4 nitrogen and oxygen atoms in total. The van der Waals surface area contributed by atoms with Gasteiger partial charge in [-0.3, -0.25) is 0 Å². The van der Waals surface area contributed by atoms with Crippen LogP contribution in [-0.2, 0) is 0 Å². The fourth-order valence-corrected chi connectivity index (χ4v) is 2.24. The zero-order valence-electron chi connectivity index (χ0n) is 10.0. The minimum absolute atomic E-state index is 0.547. The van der Waals surface area contributed by atoms with Crippen LogP contribution in [0.15, 0.2) is 30.3 Å². The van der Waals surface area contributed by atoms with Gasteiger partial charge in [-0.2, -0.15) is 9.64 Å². The van der Waals surface area contributed by atoms with Crippen molar-refractivity contribution in [3.63, 3.8) is 0 Å². The Morgan fingerprint density at radius 3 is 2.89 bits per heavy atom. The fourth-order valence-electron chi connectivity index (χ4n) is 1.47. The first kappa shape index (κ1) is 12.4. The van der Waals surface area contributed by atoms with Crippen LogP contribution in [0.3, 0.4) is 0 Å². The second-order valence-electron chi connectivity index (χ2n) is 3.67. The van der Waals surface area contributed by atoms with Crippen LogP contribution in [-0.4, -0.2) is 17.5 Å². The molecule has 0 unspecified atom stereocenters. The van der Waals surface area contributed by atoms with Gasteiger partial charge in [0.15, 0.2) is 0 Å². The lowest BCUT2D eigenvalue weighted by Gasteiger charge is -2.06. The molecule has 18 heavy (non-hydrogen) atoms. The van der Waals surface area contributed by atoms with E-state index in [-0.39, 0.29) is 0 Å². The van der Waals surface area contributed by atoms with Crippen molar-refractivity contribution in [3.05, 3.63) is 41.6 Å². The summed E-state index contributed by atoms with van der Waals surface area (Å²) in [5, 5.41) is 12.9. The van der Waals surface area contributed by atoms with Crippen LogP contribution in [0, 0.1) is 18.3 Å². The third-order valence-corrected chi connectivity index (χ3v) is 3.27. The normalized spacial score (nSPS) is 9.78. The maximum Gasteiger partial charge on any atom is 0.127 e. The number of aromatic nitrogens is 1. The molecule has 0 saturated heterocycles. The maximum absolute atomic E-state index is 8.97. The van der Waals surface area contributed by atoms with Crippen LogP contribution in [0.2, 0.25) is 0 Å². The zero-order chi connectivity index (χ0) is 12.8. The maximum atomic E-state index is 8.97. The van der Waals surface area contributed by atoms with Crippen molar-refractivity contribution in [2.75, 3.05) is 18.5 Å². The van der Waals surface area contributed by atoms with Gasteiger partial charge in [-0.15, -0.1) is 0 Å². The summed E-state index contributed by atoms with van der Waals surface area (Å²) in [6, 6.07) is 11.8. The summed E-state index contributed by atoms with van der Waals surface area (Å²) in [7, 11) is 0. The highest BCUT2D eigenvalue weighted by Crippen LogP contribution is 2.22. The smallest absolute Gasteiger partial charge is 0.127 e. The molecule has 0 amide bonds. The molecule has 92 valence electrons. The molecule has 0 spiro atoms. The molecule has 1 N–H and O–H groups in total. The SMILES string of the molecule is Cc1nsc(NCCOc2ccccc2)c1C#N. The van der Waals surface area contributed by atoms with Gasteiger partial charge in [0.25, 0.3) is 0 Å². The summed E-state index contributed by atoms with van der Waals surface area (Å²) in [4.78, 5) is 0. The van der Waals surface area contributed by atoms with E-state index in [0.717, 1.165) is 16.4 Å². The minimum atomic E-state index is 0.547. The highest BCUT2D eigenvalue weighted by atomic mass is 32.1. The molecule has 2 aromatic rings. The Bertz CT molecular complexity index is 545. The largest absolute Gasteiger partial charge is 0.492 e. The second kappa shape index (κ2) is 6.03. The van der Waals surface area contributed by atoms with Crippen molar-refractivity contribution in [3.8, 4) is 11.8 Å². The van der Waals surface area contributed by atoms with E-state index in [2.05, 4.69) is 15.8 Å². The van der Waals surface area contributed by atoms with Gasteiger partial charge in [-0.05, 0) is 30.6 Å². The van der Waals surface area contributed by atoms with E-state index >= 15 is 0 Å². The molecule has 0 aliphatic carbocycles. The first-order valence-corrected chi connectivity index (χ1v) is 6.36. The third-order valence-electron chi connectivity index (χ3n) is 2.37. The lowest BCUT2D eigenvalue weighted by molar-refractivity contribution is 0.333. The Kier molecular flexibility index (Phi) is 4.15. The Labute approximate surface area is 110 Å². The third kappa shape index (κ3) is 2.99. The van der Waals surface area contributed by atoms with Gasteiger partial charge in [0, 0.05) is 6.54 Å². The monoisotopic (exact) mass is 259 g/mol. The molecule has 0 aliphatic rings. The standard InChI is InChI=1S/C13H13N3OS/c1-10-12(9-14)13(18-16-10)15-7-8-17-11-5-3-2-4-6-11/h2-6,15H,7-8H2,1H3. The average Bonchev–Trinajstić information content (AvgIpc) is 2.76. The number of hydrogen-bond donors (Lipinski definition) is 1.